The minimum Gasteiger partial charge on any atom is -0.369 e. The van der Waals surface area contributed by atoms with E-state index in [-0.39, 0.29) is 18.6 Å². The van der Waals surface area contributed by atoms with Crippen LogP contribution < -0.4 is 5.32 Å². The molecule has 1 aliphatic heterocycles. The molecule has 1 atom stereocenters. The number of nitrogens with one attached hydrogen (secondary N) is 1. The van der Waals surface area contributed by atoms with E-state index in [0.717, 1.165) is 6.42 Å². The molecule has 3 nitrogen and oxygen atoms in total. The summed E-state index contributed by atoms with van der Waals surface area (Å²) in [6.07, 6.45) is 0.975. The number of morpholine rings is 1. The Hall–Kier alpha value is -1.35. The number of ether oxygens (including phenoxy) is 1. The van der Waals surface area contributed by atoms with Crippen molar-refractivity contribution in [2.75, 3.05) is 13.2 Å². The molecule has 0 aromatic heterocycles. The van der Waals surface area contributed by atoms with Crippen molar-refractivity contribution in [1.29, 1.82) is 0 Å². The van der Waals surface area contributed by atoms with Crippen LogP contribution in [0.1, 0.15) is 24.1 Å². The number of carbonyl (C=O) groups excluding carboxylic acids is 1. The van der Waals surface area contributed by atoms with E-state index in [0.29, 0.717) is 6.61 Å². The molecule has 1 aromatic rings. The summed E-state index contributed by atoms with van der Waals surface area (Å²) in [5, 5.41) is 2.94. The summed E-state index contributed by atoms with van der Waals surface area (Å²) in [5.41, 5.74) is 2.45. The second kappa shape index (κ2) is 4.45. The quantitative estimate of drug-likeness (QED) is 0.793. The van der Waals surface area contributed by atoms with E-state index in [2.05, 4.69) is 24.4 Å². The molecule has 15 heavy (non-hydrogen) atoms. The largest absolute Gasteiger partial charge is 0.369 e. The molecule has 2 rings (SSSR count). The minimum absolute atomic E-state index is 0.0161. The average molecular weight is 205 g/mol. The third-order valence-electron chi connectivity index (χ3n) is 2.66. The van der Waals surface area contributed by atoms with Gasteiger partial charge < -0.3 is 10.1 Å². The lowest BCUT2D eigenvalue weighted by Crippen LogP contribution is -2.40. The fraction of sp³-hybridized carbons (Fsp3) is 0.417. The summed E-state index contributed by atoms with van der Waals surface area (Å²) < 4.78 is 5.24. The zero-order valence-corrected chi connectivity index (χ0v) is 8.82. The Bertz CT molecular complexity index is 362. The number of rotatable bonds is 2. The van der Waals surface area contributed by atoms with E-state index >= 15 is 0 Å². The van der Waals surface area contributed by atoms with Gasteiger partial charge in [0.15, 0.2) is 0 Å². The highest BCUT2D eigenvalue weighted by Crippen LogP contribution is 2.20. The zero-order chi connectivity index (χ0) is 10.7. The molecule has 1 heterocycles. The fourth-order valence-corrected chi connectivity index (χ4v) is 1.91. The first kappa shape index (κ1) is 10.2. The average Bonchev–Trinajstić information content (AvgIpc) is 2.29. The summed E-state index contributed by atoms with van der Waals surface area (Å²) in [7, 11) is 0. The van der Waals surface area contributed by atoms with Gasteiger partial charge in [0, 0.05) is 0 Å². The van der Waals surface area contributed by atoms with Crippen molar-refractivity contribution in [3.8, 4) is 0 Å². The van der Waals surface area contributed by atoms with Gasteiger partial charge in [-0.3, -0.25) is 4.79 Å². The van der Waals surface area contributed by atoms with E-state index in [9.17, 15) is 4.79 Å². The van der Waals surface area contributed by atoms with Crippen LogP contribution in [-0.4, -0.2) is 19.1 Å². The van der Waals surface area contributed by atoms with Crippen molar-refractivity contribution < 1.29 is 9.53 Å². The molecule has 0 aliphatic carbocycles. The number of amides is 1. The predicted octanol–water partition coefficient (Wildman–Crippen LogP) is 1.44. The first-order valence-corrected chi connectivity index (χ1v) is 5.26. The highest BCUT2D eigenvalue weighted by molar-refractivity contribution is 5.78. The monoisotopic (exact) mass is 205 g/mol. The number of carbonyl (C=O) groups is 1. The van der Waals surface area contributed by atoms with E-state index in [1.54, 1.807) is 0 Å². The standard InChI is InChI=1S/C12H15NO2/c1-2-9-5-3-4-6-10(9)11-7-15-8-12(14)13-11/h3-6,11H,2,7-8H2,1H3,(H,13,14). The number of aryl methyl sites for hydroxylation is 1. The predicted molar refractivity (Wildman–Crippen MR) is 57.5 cm³/mol. The zero-order valence-electron chi connectivity index (χ0n) is 8.82. The lowest BCUT2D eigenvalue weighted by atomic mass is 9.98. The first-order valence-electron chi connectivity index (χ1n) is 5.26. The topological polar surface area (TPSA) is 38.3 Å². The highest BCUT2D eigenvalue weighted by atomic mass is 16.5. The van der Waals surface area contributed by atoms with E-state index < -0.39 is 0 Å². The van der Waals surface area contributed by atoms with E-state index in [1.165, 1.54) is 11.1 Å². The van der Waals surface area contributed by atoms with Gasteiger partial charge in [0.2, 0.25) is 5.91 Å². The van der Waals surface area contributed by atoms with Gasteiger partial charge in [-0.05, 0) is 17.5 Å². The molecule has 1 aromatic carbocycles. The third-order valence-corrected chi connectivity index (χ3v) is 2.66. The van der Waals surface area contributed by atoms with Gasteiger partial charge in [-0.15, -0.1) is 0 Å². The van der Waals surface area contributed by atoms with Crippen molar-refractivity contribution in [2.45, 2.75) is 19.4 Å². The van der Waals surface area contributed by atoms with Gasteiger partial charge in [0.05, 0.1) is 12.6 Å². The molecular formula is C12H15NO2. The van der Waals surface area contributed by atoms with Crippen LogP contribution >= 0.6 is 0 Å². The Morgan fingerprint density at radius 2 is 2.27 bits per heavy atom. The molecule has 0 radical (unpaired) electrons. The third kappa shape index (κ3) is 2.18. The maximum atomic E-state index is 11.2. The Morgan fingerprint density at radius 1 is 1.47 bits per heavy atom. The Balaban J connectivity index is 2.24. The summed E-state index contributed by atoms with van der Waals surface area (Å²) >= 11 is 0. The fourth-order valence-electron chi connectivity index (χ4n) is 1.91. The molecule has 1 amide bonds. The molecule has 1 fully saturated rings. The van der Waals surface area contributed by atoms with Crippen LogP contribution in [-0.2, 0) is 16.0 Å². The minimum atomic E-state index is -0.0304. The molecule has 3 heteroatoms. The van der Waals surface area contributed by atoms with Crippen LogP contribution in [0.15, 0.2) is 24.3 Å². The molecule has 1 saturated heterocycles. The molecule has 0 bridgehead atoms. The molecule has 0 saturated carbocycles. The van der Waals surface area contributed by atoms with Crippen molar-refractivity contribution in [3.63, 3.8) is 0 Å². The second-order valence-corrected chi connectivity index (χ2v) is 3.69. The van der Waals surface area contributed by atoms with Crippen LogP contribution in [0.3, 0.4) is 0 Å². The maximum absolute atomic E-state index is 11.2. The van der Waals surface area contributed by atoms with Crippen LogP contribution in [0.25, 0.3) is 0 Å². The van der Waals surface area contributed by atoms with Crippen molar-refractivity contribution in [3.05, 3.63) is 35.4 Å². The summed E-state index contributed by atoms with van der Waals surface area (Å²) in [5.74, 6) is -0.0304. The lowest BCUT2D eigenvalue weighted by molar-refractivity contribution is -0.131. The van der Waals surface area contributed by atoms with Crippen molar-refractivity contribution >= 4 is 5.91 Å². The van der Waals surface area contributed by atoms with Crippen molar-refractivity contribution in [2.24, 2.45) is 0 Å². The molecule has 0 spiro atoms. The smallest absolute Gasteiger partial charge is 0.246 e. The van der Waals surface area contributed by atoms with Crippen LogP contribution in [0.5, 0.6) is 0 Å². The van der Waals surface area contributed by atoms with E-state index in [1.807, 2.05) is 12.1 Å². The normalized spacial score (nSPS) is 21.1. The van der Waals surface area contributed by atoms with Crippen LogP contribution in [0.2, 0.25) is 0 Å². The molecule has 1 N–H and O–H groups in total. The number of benzene rings is 1. The van der Waals surface area contributed by atoms with Crippen LogP contribution in [0.4, 0.5) is 0 Å². The SMILES string of the molecule is CCc1ccccc1C1COCC(=O)N1. The van der Waals surface area contributed by atoms with Crippen LogP contribution in [0, 0.1) is 0 Å². The van der Waals surface area contributed by atoms with Gasteiger partial charge in [-0.1, -0.05) is 31.2 Å². The van der Waals surface area contributed by atoms with Gasteiger partial charge in [-0.2, -0.15) is 0 Å². The van der Waals surface area contributed by atoms with Crippen molar-refractivity contribution in [1.82, 2.24) is 5.32 Å². The van der Waals surface area contributed by atoms with Gasteiger partial charge in [0.1, 0.15) is 6.61 Å². The van der Waals surface area contributed by atoms with Gasteiger partial charge in [-0.25, -0.2) is 0 Å². The van der Waals surface area contributed by atoms with Gasteiger partial charge >= 0.3 is 0 Å². The summed E-state index contributed by atoms with van der Waals surface area (Å²) in [6.45, 7) is 2.87. The molecular weight excluding hydrogens is 190 g/mol. The first-order chi connectivity index (χ1) is 7.31. The maximum Gasteiger partial charge on any atom is 0.246 e. The number of hydrogen-bond acceptors (Lipinski definition) is 2. The molecule has 80 valence electrons. The lowest BCUT2D eigenvalue weighted by Gasteiger charge is -2.25. The Morgan fingerprint density at radius 3 is 3.00 bits per heavy atom. The Kier molecular flexibility index (Phi) is 3.02. The molecule has 1 aliphatic rings. The summed E-state index contributed by atoms with van der Waals surface area (Å²) in [4.78, 5) is 11.2. The Labute approximate surface area is 89.4 Å². The van der Waals surface area contributed by atoms with Gasteiger partial charge in [0.25, 0.3) is 0 Å². The number of hydrogen-bond donors (Lipinski definition) is 1. The second-order valence-electron chi connectivity index (χ2n) is 3.69. The molecule has 1 unspecified atom stereocenters. The summed E-state index contributed by atoms with van der Waals surface area (Å²) in [6, 6.07) is 8.18. The highest BCUT2D eigenvalue weighted by Gasteiger charge is 2.21. The van der Waals surface area contributed by atoms with E-state index in [4.69, 9.17) is 4.74 Å².